The summed E-state index contributed by atoms with van der Waals surface area (Å²) in [7, 11) is 1.61. The van der Waals surface area contributed by atoms with Crippen LogP contribution in [-0.4, -0.2) is 42.5 Å². The molecule has 0 spiro atoms. The zero-order valence-electron chi connectivity index (χ0n) is 17.3. The van der Waals surface area contributed by atoms with E-state index in [4.69, 9.17) is 10.5 Å². The molecule has 0 aliphatic carbocycles. The molecule has 0 aromatic heterocycles. The molecule has 2 rings (SSSR count). The van der Waals surface area contributed by atoms with E-state index in [0.717, 1.165) is 24.4 Å². The van der Waals surface area contributed by atoms with Gasteiger partial charge in [0.25, 0.3) is 11.6 Å². The molecule has 0 saturated heterocycles. The molecular formula is C21H28N4O4. The smallest absolute Gasteiger partial charge is 0.293 e. The van der Waals surface area contributed by atoms with Crippen LogP contribution in [0.5, 0.6) is 5.75 Å². The van der Waals surface area contributed by atoms with Crippen LogP contribution in [0.3, 0.4) is 0 Å². The third-order valence-electron chi connectivity index (χ3n) is 4.93. The fourth-order valence-electron chi connectivity index (χ4n) is 3.37. The average molecular weight is 400 g/mol. The van der Waals surface area contributed by atoms with Crippen molar-refractivity contribution in [2.24, 2.45) is 0 Å². The average Bonchev–Trinajstić information content (AvgIpc) is 2.72. The lowest BCUT2D eigenvalue weighted by Gasteiger charge is -2.30. The molecule has 0 aliphatic heterocycles. The molecule has 1 atom stereocenters. The zero-order valence-corrected chi connectivity index (χ0v) is 17.3. The first kappa shape index (κ1) is 22.2. The van der Waals surface area contributed by atoms with Gasteiger partial charge >= 0.3 is 0 Å². The lowest BCUT2D eigenvalue weighted by Crippen LogP contribution is -2.38. The standard InChI is InChI=1S/C21H28N4O4/c1-5-24(6-2)19(15-8-7-9-16(12-15)29-4)13-23-21(26)17-10-14(3)11-18(20(17)22)25(27)28/h7-12,19H,5-6,13,22H2,1-4H3,(H,23,26). The first-order valence-electron chi connectivity index (χ1n) is 9.53. The number of carbonyl (C=O) groups is 1. The van der Waals surface area contributed by atoms with Gasteiger partial charge in [0, 0.05) is 12.6 Å². The minimum absolute atomic E-state index is 0.0786. The van der Waals surface area contributed by atoms with Gasteiger partial charge < -0.3 is 15.8 Å². The van der Waals surface area contributed by atoms with Gasteiger partial charge in [0.2, 0.25) is 0 Å². The predicted molar refractivity (Wildman–Crippen MR) is 113 cm³/mol. The van der Waals surface area contributed by atoms with Crippen LogP contribution in [-0.2, 0) is 0 Å². The predicted octanol–water partition coefficient (Wildman–Crippen LogP) is 3.31. The molecule has 0 radical (unpaired) electrons. The van der Waals surface area contributed by atoms with Crippen LogP contribution in [0.1, 0.15) is 41.4 Å². The van der Waals surface area contributed by atoms with Gasteiger partial charge in [0.05, 0.1) is 23.6 Å². The molecular weight excluding hydrogens is 372 g/mol. The zero-order chi connectivity index (χ0) is 21.6. The highest BCUT2D eigenvalue weighted by atomic mass is 16.6. The number of aryl methyl sites for hydroxylation is 1. The van der Waals surface area contributed by atoms with E-state index in [2.05, 4.69) is 24.1 Å². The van der Waals surface area contributed by atoms with Crippen molar-refractivity contribution >= 4 is 17.3 Å². The Morgan fingerprint density at radius 1 is 1.28 bits per heavy atom. The van der Waals surface area contributed by atoms with Crippen LogP contribution in [0.4, 0.5) is 11.4 Å². The molecule has 1 amide bonds. The number of nitrogens with two attached hydrogens (primary N) is 1. The van der Waals surface area contributed by atoms with Crippen LogP contribution in [0, 0.1) is 17.0 Å². The number of likely N-dealkylation sites (N-methyl/N-ethyl adjacent to an activating group) is 1. The highest BCUT2D eigenvalue weighted by Gasteiger charge is 2.23. The molecule has 156 valence electrons. The van der Waals surface area contributed by atoms with E-state index in [1.807, 2.05) is 24.3 Å². The molecule has 0 heterocycles. The van der Waals surface area contributed by atoms with E-state index >= 15 is 0 Å². The van der Waals surface area contributed by atoms with E-state index in [-0.39, 0.29) is 23.0 Å². The van der Waals surface area contributed by atoms with Crippen LogP contribution in [0.25, 0.3) is 0 Å². The van der Waals surface area contributed by atoms with Crippen molar-refractivity contribution in [3.63, 3.8) is 0 Å². The Kier molecular flexibility index (Phi) is 7.55. The van der Waals surface area contributed by atoms with Gasteiger partial charge in [-0.05, 0) is 49.3 Å². The van der Waals surface area contributed by atoms with Gasteiger partial charge in [0.15, 0.2) is 0 Å². The Morgan fingerprint density at radius 3 is 2.55 bits per heavy atom. The highest BCUT2D eigenvalue weighted by Crippen LogP contribution is 2.28. The number of benzene rings is 2. The highest BCUT2D eigenvalue weighted by molar-refractivity contribution is 6.01. The van der Waals surface area contributed by atoms with E-state index < -0.39 is 10.8 Å². The number of nitrogens with one attached hydrogen (secondary N) is 1. The van der Waals surface area contributed by atoms with Gasteiger partial charge in [-0.2, -0.15) is 0 Å². The van der Waals surface area contributed by atoms with Crippen molar-refractivity contribution in [3.8, 4) is 5.75 Å². The Bertz CT molecular complexity index is 881. The molecule has 3 N–H and O–H groups in total. The number of nitro benzene ring substituents is 1. The summed E-state index contributed by atoms with van der Waals surface area (Å²) in [6.45, 7) is 7.73. The molecule has 0 aliphatic rings. The van der Waals surface area contributed by atoms with E-state index in [1.54, 1.807) is 20.1 Å². The SMILES string of the molecule is CCN(CC)C(CNC(=O)c1cc(C)cc([N+](=O)[O-])c1N)c1cccc(OC)c1. The van der Waals surface area contributed by atoms with Crippen molar-refractivity contribution in [2.45, 2.75) is 26.8 Å². The van der Waals surface area contributed by atoms with Gasteiger partial charge in [-0.25, -0.2) is 0 Å². The number of rotatable bonds is 9. The summed E-state index contributed by atoms with van der Waals surface area (Å²) in [4.78, 5) is 25.6. The maximum Gasteiger partial charge on any atom is 0.293 e. The summed E-state index contributed by atoms with van der Waals surface area (Å²) in [5.41, 5.74) is 7.23. The number of nitrogens with zero attached hydrogens (tertiary/aromatic N) is 2. The second-order valence-electron chi connectivity index (χ2n) is 6.73. The van der Waals surface area contributed by atoms with E-state index in [0.29, 0.717) is 12.1 Å². The third kappa shape index (κ3) is 5.23. The monoisotopic (exact) mass is 400 g/mol. The number of hydrogen-bond donors (Lipinski definition) is 2. The van der Waals surface area contributed by atoms with Gasteiger partial charge in [0.1, 0.15) is 11.4 Å². The number of anilines is 1. The second kappa shape index (κ2) is 9.88. The minimum Gasteiger partial charge on any atom is -0.497 e. The second-order valence-corrected chi connectivity index (χ2v) is 6.73. The number of nitro groups is 1. The summed E-state index contributed by atoms with van der Waals surface area (Å²) in [5.74, 6) is 0.305. The van der Waals surface area contributed by atoms with Crippen LogP contribution in [0.2, 0.25) is 0 Å². The summed E-state index contributed by atoms with van der Waals surface area (Å²) >= 11 is 0. The molecule has 8 nitrogen and oxygen atoms in total. The summed E-state index contributed by atoms with van der Waals surface area (Å²) in [5, 5.41) is 14.1. The normalized spacial score (nSPS) is 11.9. The lowest BCUT2D eigenvalue weighted by molar-refractivity contribution is -0.384. The molecule has 0 bridgehead atoms. The quantitative estimate of drug-likeness (QED) is 0.380. The van der Waals surface area contributed by atoms with Crippen molar-refractivity contribution in [1.82, 2.24) is 10.2 Å². The number of ether oxygens (including phenoxy) is 1. The topological polar surface area (TPSA) is 111 Å². The summed E-state index contributed by atoms with van der Waals surface area (Å²) in [6, 6.07) is 10.6. The first-order valence-corrected chi connectivity index (χ1v) is 9.53. The molecule has 1 unspecified atom stereocenters. The van der Waals surface area contributed by atoms with Gasteiger partial charge in [-0.1, -0.05) is 26.0 Å². The maximum absolute atomic E-state index is 12.8. The van der Waals surface area contributed by atoms with Crippen molar-refractivity contribution in [1.29, 1.82) is 0 Å². The molecule has 2 aromatic rings. The van der Waals surface area contributed by atoms with Gasteiger partial charge in [-0.3, -0.25) is 19.8 Å². The molecule has 0 saturated carbocycles. The lowest BCUT2D eigenvalue weighted by atomic mass is 10.0. The minimum atomic E-state index is -0.575. The van der Waals surface area contributed by atoms with Gasteiger partial charge in [-0.15, -0.1) is 0 Å². The Morgan fingerprint density at radius 2 is 1.97 bits per heavy atom. The van der Waals surface area contributed by atoms with Crippen molar-refractivity contribution in [2.75, 3.05) is 32.5 Å². The number of amides is 1. The van der Waals surface area contributed by atoms with E-state index in [9.17, 15) is 14.9 Å². The molecule has 8 heteroatoms. The fourth-order valence-corrected chi connectivity index (χ4v) is 3.37. The first-order chi connectivity index (χ1) is 13.8. The summed E-state index contributed by atoms with van der Waals surface area (Å²) < 4.78 is 5.33. The number of nitrogen functional groups attached to an aromatic ring is 1. The van der Waals surface area contributed by atoms with Crippen molar-refractivity contribution in [3.05, 3.63) is 63.2 Å². The van der Waals surface area contributed by atoms with Crippen LogP contribution < -0.4 is 15.8 Å². The summed E-state index contributed by atoms with van der Waals surface area (Å²) in [6.07, 6.45) is 0. The number of hydrogen-bond acceptors (Lipinski definition) is 6. The van der Waals surface area contributed by atoms with Crippen molar-refractivity contribution < 1.29 is 14.5 Å². The third-order valence-corrected chi connectivity index (χ3v) is 4.93. The maximum atomic E-state index is 12.8. The fraction of sp³-hybridized carbons (Fsp3) is 0.381. The molecule has 0 fully saturated rings. The Labute approximate surface area is 170 Å². The van der Waals surface area contributed by atoms with E-state index in [1.165, 1.54) is 6.07 Å². The number of carbonyl (C=O) groups excluding carboxylic acids is 1. The Balaban J connectivity index is 2.29. The van der Waals surface area contributed by atoms with Crippen LogP contribution >= 0.6 is 0 Å². The molecule has 2 aromatic carbocycles. The molecule has 29 heavy (non-hydrogen) atoms. The number of methoxy groups -OCH3 is 1. The Hall–Kier alpha value is -3.13. The van der Waals surface area contributed by atoms with Crippen LogP contribution in [0.15, 0.2) is 36.4 Å². The largest absolute Gasteiger partial charge is 0.497 e.